The van der Waals surface area contributed by atoms with E-state index in [1.165, 1.54) is 6.08 Å². The highest BCUT2D eigenvalue weighted by Gasteiger charge is 1.97. The van der Waals surface area contributed by atoms with E-state index in [-0.39, 0.29) is 11.7 Å². The van der Waals surface area contributed by atoms with Crippen LogP contribution in [0, 0.1) is 0 Å². The number of carbonyl (C=O) groups is 1. The van der Waals surface area contributed by atoms with Crippen LogP contribution in [0.2, 0.25) is 0 Å². The minimum Gasteiger partial charge on any atom is -0.508 e. The first kappa shape index (κ1) is 16.4. The van der Waals surface area contributed by atoms with E-state index < -0.39 is 0 Å². The van der Waals surface area contributed by atoms with Crippen molar-refractivity contribution in [3.05, 3.63) is 60.2 Å². The van der Waals surface area contributed by atoms with E-state index in [0.717, 1.165) is 17.1 Å². The van der Waals surface area contributed by atoms with Crippen molar-refractivity contribution < 1.29 is 19.4 Å². The summed E-state index contributed by atoms with van der Waals surface area (Å²) in [7, 11) is 1.61. The average Bonchev–Trinajstić information content (AvgIpc) is 2.59. The summed E-state index contributed by atoms with van der Waals surface area (Å²) >= 11 is 0. The van der Waals surface area contributed by atoms with E-state index in [2.05, 4.69) is 5.32 Å². The van der Waals surface area contributed by atoms with Crippen LogP contribution >= 0.6 is 0 Å². The van der Waals surface area contributed by atoms with Crippen LogP contribution in [0.15, 0.2) is 54.6 Å². The molecule has 0 aliphatic rings. The number of rotatable bonds is 7. The highest BCUT2D eigenvalue weighted by molar-refractivity contribution is 5.91. The quantitative estimate of drug-likeness (QED) is 0.609. The molecule has 0 spiro atoms. The van der Waals surface area contributed by atoms with Crippen molar-refractivity contribution in [2.45, 2.75) is 0 Å². The van der Waals surface area contributed by atoms with Gasteiger partial charge in [0.15, 0.2) is 0 Å². The average molecular weight is 313 g/mol. The summed E-state index contributed by atoms with van der Waals surface area (Å²) in [5.41, 5.74) is 0.840. The normalized spacial score (nSPS) is 10.5. The topological polar surface area (TPSA) is 67.8 Å². The fraction of sp³-hybridized carbons (Fsp3) is 0.167. The number of hydrogen-bond donors (Lipinski definition) is 2. The third kappa shape index (κ3) is 5.74. The zero-order valence-corrected chi connectivity index (χ0v) is 12.9. The monoisotopic (exact) mass is 313 g/mol. The minimum atomic E-state index is -0.198. The molecule has 0 bridgehead atoms. The maximum atomic E-state index is 11.7. The van der Waals surface area contributed by atoms with Crippen LogP contribution in [0.1, 0.15) is 5.56 Å². The Morgan fingerprint density at radius 1 is 1.09 bits per heavy atom. The number of methoxy groups -OCH3 is 1. The summed E-state index contributed by atoms with van der Waals surface area (Å²) in [4.78, 5) is 11.7. The molecule has 0 aromatic heterocycles. The lowest BCUT2D eigenvalue weighted by Crippen LogP contribution is -2.26. The Labute approximate surface area is 135 Å². The van der Waals surface area contributed by atoms with Gasteiger partial charge in [0.1, 0.15) is 23.9 Å². The predicted octanol–water partition coefficient (Wildman–Crippen LogP) is 2.61. The van der Waals surface area contributed by atoms with Gasteiger partial charge in [-0.15, -0.1) is 0 Å². The number of aromatic hydroxyl groups is 1. The molecular weight excluding hydrogens is 294 g/mol. The molecule has 0 radical (unpaired) electrons. The molecule has 0 saturated heterocycles. The van der Waals surface area contributed by atoms with Crippen LogP contribution in [0.5, 0.6) is 17.2 Å². The molecule has 0 saturated carbocycles. The maximum absolute atomic E-state index is 11.7. The molecular formula is C18H19NO4. The Morgan fingerprint density at radius 3 is 2.39 bits per heavy atom. The van der Waals surface area contributed by atoms with Gasteiger partial charge >= 0.3 is 0 Å². The number of nitrogens with one attached hydrogen (secondary N) is 1. The molecule has 0 fully saturated rings. The molecule has 0 heterocycles. The first-order valence-electron chi connectivity index (χ1n) is 7.19. The second kappa shape index (κ2) is 8.48. The summed E-state index contributed by atoms with van der Waals surface area (Å²) in [6.07, 6.45) is 3.12. The Morgan fingerprint density at radius 2 is 1.74 bits per heavy atom. The molecule has 0 atom stereocenters. The molecule has 5 heteroatoms. The van der Waals surface area contributed by atoms with E-state index in [9.17, 15) is 9.90 Å². The summed E-state index contributed by atoms with van der Waals surface area (Å²) in [5.74, 6) is 1.49. The van der Waals surface area contributed by atoms with Crippen LogP contribution in [0.25, 0.3) is 6.08 Å². The summed E-state index contributed by atoms with van der Waals surface area (Å²) in [6.45, 7) is 0.788. The maximum Gasteiger partial charge on any atom is 0.244 e. The number of phenols is 1. The molecule has 23 heavy (non-hydrogen) atoms. The molecule has 5 nitrogen and oxygen atoms in total. The highest BCUT2D eigenvalue weighted by atomic mass is 16.5. The fourth-order valence-corrected chi connectivity index (χ4v) is 1.83. The van der Waals surface area contributed by atoms with Crippen molar-refractivity contribution in [2.75, 3.05) is 20.3 Å². The van der Waals surface area contributed by atoms with Gasteiger partial charge in [-0.05, 0) is 48.0 Å². The van der Waals surface area contributed by atoms with Crippen molar-refractivity contribution in [3.63, 3.8) is 0 Å². The first-order chi connectivity index (χ1) is 11.2. The minimum absolute atomic E-state index is 0.197. The van der Waals surface area contributed by atoms with Crippen molar-refractivity contribution >= 4 is 12.0 Å². The van der Waals surface area contributed by atoms with Gasteiger partial charge in [0, 0.05) is 6.08 Å². The van der Waals surface area contributed by atoms with Gasteiger partial charge in [0.05, 0.1) is 13.7 Å². The first-order valence-corrected chi connectivity index (χ1v) is 7.19. The third-order valence-electron chi connectivity index (χ3n) is 3.05. The molecule has 1 amide bonds. The second-order valence-corrected chi connectivity index (χ2v) is 4.74. The van der Waals surface area contributed by atoms with Gasteiger partial charge in [-0.25, -0.2) is 0 Å². The van der Waals surface area contributed by atoms with Crippen molar-refractivity contribution in [1.29, 1.82) is 0 Å². The third-order valence-corrected chi connectivity index (χ3v) is 3.05. The number of ether oxygens (including phenoxy) is 2. The number of carbonyl (C=O) groups excluding carboxylic acids is 1. The molecule has 2 aromatic carbocycles. The molecule has 0 aliphatic heterocycles. The second-order valence-electron chi connectivity index (χ2n) is 4.74. The zero-order valence-electron chi connectivity index (χ0n) is 12.9. The SMILES string of the molecule is COc1ccc(OCCNC(=O)/C=C/c2ccc(O)cc2)cc1. The number of amides is 1. The number of hydrogen-bond acceptors (Lipinski definition) is 4. The van der Waals surface area contributed by atoms with E-state index in [4.69, 9.17) is 9.47 Å². The van der Waals surface area contributed by atoms with Gasteiger partial charge in [0.2, 0.25) is 5.91 Å². The van der Waals surface area contributed by atoms with Crippen LogP contribution in [-0.4, -0.2) is 31.3 Å². The van der Waals surface area contributed by atoms with Crippen LogP contribution in [0.3, 0.4) is 0 Å². The van der Waals surface area contributed by atoms with Gasteiger partial charge < -0.3 is 19.9 Å². The number of phenolic OH excluding ortho intramolecular Hbond substituents is 1. The predicted molar refractivity (Wildman–Crippen MR) is 88.6 cm³/mol. The highest BCUT2D eigenvalue weighted by Crippen LogP contribution is 2.16. The molecule has 2 N–H and O–H groups in total. The van der Waals surface area contributed by atoms with Crippen molar-refractivity contribution in [1.82, 2.24) is 5.32 Å². The van der Waals surface area contributed by atoms with Crippen LogP contribution < -0.4 is 14.8 Å². The Hall–Kier alpha value is -2.95. The Balaban J connectivity index is 1.68. The van der Waals surface area contributed by atoms with Gasteiger partial charge in [-0.2, -0.15) is 0 Å². The fourth-order valence-electron chi connectivity index (χ4n) is 1.83. The van der Waals surface area contributed by atoms with Crippen LogP contribution in [0.4, 0.5) is 0 Å². The summed E-state index contributed by atoms with van der Waals surface area (Å²) in [5, 5.41) is 11.9. The number of benzene rings is 2. The van der Waals surface area contributed by atoms with E-state index in [0.29, 0.717) is 13.2 Å². The van der Waals surface area contributed by atoms with Gasteiger partial charge in [-0.3, -0.25) is 4.79 Å². The largest absolute Gasteiger partial charge is 0.508 e. The molecule has 0 aliphatic carbocycles. The van der Waals surface area contributed by atoms with E-state index in [1.54, 1.807) is 37.5 Å². The lowest BCUT2D eigenvalue weighted by molar-refractivity contribution is -0.116. The molecule has 120 valence electrons. The molecule has 0 unspecified atom stereocenters. The van der Waals surface area contributed by atoms with Crippen molar-refractivity contribution in [2.24, 2.45) is 0 Å². The summed E-state index contributed by atoms with van der Waals surface area (Å²) in [6, 6.07) is 13.8. The smallest absolute Gasteiger partial charge is 0.244 e. The Kier molecular flexibility index (Phi) is 6.06. The Bertz CT molecular complexity index is 648. The van der Waals surface area contributed by atoms with Gasteiger partial charge in [0.25, 0.3) is 0 Å². The molecule has 2 rings (SSSR count). The van der Waals surface area contributed by atoms with E-state index in [1.807, 2.05) is 24.3 Å². The lowest BCUT2D eigenvalue weighted by atomic mass is 10.2. The lowest BCUT2D eigenvalue weighted by Gasteiger charge is -2.07. The summed E-state index contributed by atoms with van der Waals surface area (Å²) < 4.78 is 10.6. The van der Waals surface area contributed by atoms with Crippen molar-refractivity contribution in [3.8, 4) is 17.2 Å². The van der Waals surface area contributed by atoms with E-state index >= 15 is 0 Å². The standard InChI is InChI=1S/C18H19NO4/c1-22-16-7-9-17(10-8-16)23-13-12-19-18(21)11-4-14-2-5-15(20)6-3-14/h2-11,20H,12-13H2,1H3,(H,19,21)/b11-4+. The van der Waals surface area contributed by atoms with Gasteiger partial charge in [-0.1, -0.05) is 12.1 Å². The van der Waals surface area contributed by atoms with Crippen LogP contribution in [-0.2, 0) is 4.79 Å². The zero-order chi connectivity index (χ0) is 16.5. The molecule has 2 aromatic rings.